The van der Waals surface area contributed by atoms with Gasteiger partial charge in [-0.1, -0.05) is 0 Å². The van der Waals surface area contributed by atoms with E-state index in [4.69, 9.17) is 9.73 Å². The number of rotatable bonds is 3. The van der Waals surface area contributed by atoms with Gasteiger partial charge in [0.1, 0.15) is 16.7 Å². The van der Waals surface area contributed by atoms with Crippen molar-refractivity contribution in [3.05, 3.63) is 41.0 Å². The van der Waals surface area contributed by atoms with Crippen LogP contribution >= 0.6 is 11.3 Å². The van der Waals surface area contributed by atoms with Crippen molar-refractivity contribution in [2.75, 3.05) is 45.7 Å². The summed E-state index contributed by atoms with van der Waals surface area (Å²) in [7, 11) is 3.91. The zero-order valence-corrected chi connectivity index (χ0v) is 15.9. The Kier molecular flexibility index (Phi) is 4.93. The van der Waals surface area contributed by atoms with Crippen molar-refractivity contribution in [1.29, 1.82) is 0 Å². The van der Waals surface area contributed by atoms with Gasteiger partial charge < -0.3 is 15.0 Å². The standard InChI is InChI=1S/C19H23FN4OS/c1-23-7-8-24(12-14(23)5-9-25-2)18-15-6-10-26-19(15)22-17-11-13(20)3-4-16(17)21-18/h3-4,6,10-11,14,22H,5,7-9,12H2,1-2H3/t14-/m0/s1. The molecule has 0 unspecified atom stereocenters. The lowest BCUT2D eigenvalue weighted by Crippen LogP contribution is -2.53. The summed E-state index contributed by atoms with van der Waals surface area (Å²) in [4.78, 5) is 9.67. The van der Waals surface area contributed by atoms with Gasteiger partial charge >= 0.3 is 0 Å². The molecule has 26 heavy (non-hydrogen) atoms. The summed E-state index contributed by atoms with van der Waals surface area (Å²) in [6, 6.07) is 7.24. The van der Waals surface area contributed by atoms with E-state index < -0.39 is 0 Å². The fraction of sp³-hybridized carbons (Fsp3) is 0.421. The second kappa shape index (κ2) is 7.34. The SMILES string of the molecule is COCC[C@H]1CN(C2=Nc3ccc(F)cc3Nc3sccc32)CCN1C. The van der Waals surface area contributed by atoms with Crippen LogP contribution < -0.4 is 5.32 Å². The minimum Gasteiger partial charge on any atom is -0.385 e. The molecule has 0 radical (unpaired) electrons. The molecule has 1 atom stereocenters. The molecular formula is C19H23FN4OS. The van der Waals surface area contributed by atoms with E-state index in [2.05, 4.69) is 33.6 Å². The van der Waals surface area contributed by atoms with Gasteiger partial charge in [-0.25, -0.2) is 9.38 Å². The minimum atomic E-state index is -0.257. The van der Waals surface area contributed by atoms with Crippen molar-refractivity contribution in [1.82, 2.24) is 9.80 Å². The van der Waals surface area contributed by atoms with Crippen LogP contribution in [-0.2, 0) is 4.74 Å². The number of piperazine rings is 1. The number of thiophene rings is 1. The highest BCUT2D eigenvalue weighted by Gasteiger charge is 2.29. The van der Waals surface area contributed by atoms with Crippen molar-refractivity contribution < 1.29 is 9.13 Å². The number of anilines is 2. The minimum absolute atomic E-state index is 0.257. The Morgan fingerprint density at radius 1 is 1.35 bits per heavy atom. The molecule has 1 fully saturated rings. The lowest BCUT2D eigenvalue weighted by atomic mass is 10.1. The Hall–Kier alpha value is -1.96. The average molecular weight is 374 g/mol. The van der Waals surface area contributed by atoms with Gasteiger partial charge in [0.25, 0.3) is 0 Å². The first-order valence-electron chi connectivity index (χ1n) is 8.83. The number of amidine groups is 1. The average Bonchev–Trinajstić information content (AvgIpc) is 3.03. The molecule has 7 heteroatoms. The summed E-state index contributed by atoms with van der Waals surface area (Å²) in [6.45, 7) is 3.56. The van der Waals surface area contributed by atoms with E-state index in [1.165, 1.54) is 12.1 Å². The van der Waals surface area contributed by atoms with E-state index in [1.807, 2.05) is 0 Å². The van der Waals surface area contributed by atoms with Crippen LogP contribution in [0.3, 0.4) is 0 Å². The van der Waals surface area contributed by atoms with Crippen molar-refractivity contribution >= 4 is 33.5 Å². The molecule has 2 aliphatic rings. The summed E-state index contributed by atoms with van der Waals surface area (Å²) in [5.41, 5.74) is 2.58. The first-order chi connectivity index (χ1) is 12.7. The predicted molar refractivity (Wildman–Crippen MR) is 105 cm³/mol. The molecule has 1 saturated heterocycles. The Morgan fingerprint density at radius 2 is 2.23 bits per heavy atom. The lowest BCUT2D eigenvalue weighted by Gasteiger charge is -2.40. The number of fused-ring (bicyclic) bond motifs is 2. The van der Waals surface area contributed by atoms with Gasteiger partial charge in [-0.3, -0.25) is 4.90 Å². The summed E-state index contributed by atoms with van der Waals surface area (Å²) in [6.07, 6.45) is 0.993. The summed E-state index contributed by atoms with van der Waals surface area (Å²) in [5.74, 6) is 0.710. The fourth-order valence-electron chi connectivity index (χ4n) is 3.53. The molecule has 4 rings (SSSR count). The highest BCUT2D eigenvalue weighted by atomic mass is 32.1. The summed E-state index contributed by atoms with van der Waals surface area (Å²) < 4.78 is 19.0. The van der Waals surface area contributed by atoms with Crippen molar-refractivity contribution in [2.24, 2.45) is 4.99 Å². The maximum absolute atomic E-state index is 13.7. The molecule has 2 aliphatic heterocycles. The van der Waals surface area contributed by atoms with E-state index >= 15 is 0 Å². The Labute approximate surface area is 157 Å². The van der Waals surface area contributed by atoms with Crippen molar-refractivity contribution in [3.63, 3.8) is 0 Å². The van der Waals surface area contributed by atoms with E-state index in [1.54, 1.807) is 24.5 Å². The second-order valence-electron chi connectivity index (χ2n) is 6.75. The molecule has 0 aliphatic carbocycles. The van der Waals surface area contributed by atoms with E-state index in [0.717, 1.165) is 54.7 Å². The summed E-state index contributed by atoms with van der Waals surface area (Å²) in [5, 5.41) is 6.42. The number of methoxy groups -OCH3 is 1. The van der Waals surface area contributed by atoms with Crippen LogP contribution in [0.25, 0.3) is 0 Å². The molecular weight excluding hydrogens is 351 g/mol. The molecule has 1 aromatic carbocycles. The van der Waals surface area contributed by atoms with Gasteiger partial charge in [-0.2, -0.15) is 0 Å². The number of nitrogens with one attached hydrogen (secondary N) is 1. The van der Waals surface area contributed by atoms with Gasteiger partial charge in [-0.05, 0) is 43.1 Å². The van der Waals surface area contributed by atoms with Gasteiger partial charge in [0, 0.05) is 39.4 Å². The maximum atomic E-state index is 13.7. The molecule has 0 amide bonds. The number of hydrogen-bond acceptors (Lipinski definition) is 6. The third kappa shape index (κ3) is 3.34. The molecule has 1 aromatic heterocycles. The number of nitrogens with zero attached hydrogens (tertiary/aromatic N) is 3. The molecule has 138 valence electrons. The number of aliphatic imine (C=N–C) groups is 1. The fourth-order valence-corrected chi connectivity index (χ4v) is 4.33. The van der Waals surface area contributed by atoms with Gasteiger partial charge in [0.15, 0.2) is 0 Å². The molecule has 0 bridgehead atoms. The first-order valence-corrected chi connectivity index (χ1v) is 9.71. The molecule has 1 N–H and O–H groups in total. The van der Waals surface area contributed by atoms with Crippen LogP contribution in [-0.4, -0.2) is 62.1 Å². The van der Waals surface area contributed by atoms with Gasteiger partial charge in [0.05, 0.1) is 16.9 Å². The predicted octanol–water partition coefficient (Wildman–Crippen LogP) is 3.68. The third-order valence-electron chi connectivity index (χ3n) is 5.07. The van der Waals surface area contributed by atoms with Gasteiger partial charge in [-0.15, -0.1) is 11.3 Å². The van der Waals surface area contributed by atoms with Crippen LogP contribution in [0.5, 0.6) is 0 Å². The highest BCUT2D eigenvalue weighted by Crippen LogP contribution is 2.38. The zero-order chi connectivity index (χ0) is 18.1. The largest absolute Gasteiger partial charge is 0.385 e. The van der Waals surface area contributed by atoms with Crippen LogP contribution in [0.15, 0.2) is 34.6 Å². The van der Waals surface area contributed by atoms with E-state index in [-0.39, 0.29) is 5.82 Å². The second-order valence-corrected chi connectivity index (χ2v) is 7.66. The number of likely N-dealkylation sites (N-methyl/N-ethyl adjacent to an activating group) is 1. The number of benzene rings is 1. The zero-order valence-electron chi connectivity index (χ0n) is 15.0. The molecule has 0 spiro atoms. The van der Waals surface area contributed by atoms with Crippen LogP contribution in [0.2, 0.25) is 0 Å². The topological polar surface area (TPSA) is 40.1 Å². The van der Waals surface area contributed by atoms with Crippen molar-refractivity contribution in [3.8, 4) is 0 Å². The third-order valence-corrected chi connectivity index (χ3v) is 5.90. The lowest BCUT2D eigenvalue weighted by molar-refractivity contribution is 0.100. The van der Waals surface area contributed by atoms with Crippen LogP contribution in [0, 0.1) is 5.82 Å². The molecule has 3 heterocycles. The maximum Gasteiger partial charge on any atom is 0.139 e. The quantitative estimate of drug-likeness (QED) is 0.890. The van der Waals surface area contributed by atoms with Gasteiger partial charge in [0.2, 0.25) is 0 Å². The smallest absolute Gasteiger partial charge is 0.139 e. The molecule has 2 aromatic rings. The Bertz CT molecular complexity index is 822. The van der Waals surface area contributed by atoms with Crippen LogP contribution in [0.4, 0.5) is 20.8 Å². The Balaban J connectivity index is 1.69. The first kappa shape index (κ1) is 17.5. The normalized spacial score (nSPS) is 20.0. The highest BCUT2D eigenvalue weighted by molar-refractivity contribution is 7.14. The summed E-state index contributed by atoms with van der Waals surface area (Å²) >= 11 is 1.62. The number of hydrogen-bond donors (Lipinski definition) is 1. The number of halogens is 1. The molecule has 0 saturated carbocycles. The van der Waals surface area contributed by atoms with E-state index in [9.17, 15) is 4.39 Å². The Morgan fingerprint density at radius 3 is 3.08 bits per heavy atom. The van der Waals surface area contributed by atoms with E-state index in [0.29, 0.717) is 11.7 Å². The van der Waals surface area contributed by atoms with Crippen LogP contribution in [0.1, 0.15) is 12.0 Å². The monoisotopic (exact) mass is 374 g/mol. The molecule has 5 nitrogen and oxygen atoms in total. The van der Waals surface area contributed by atoms with Crippen molar-refractivity contribution in [2.45, 2.75) is 12.5 Å². The number of ether oxygens (including phenoxy) is 1.